The summed E-state index contributed by atoms with van der Waals surface area (Å²) in [6, 6.07) is 76.5. The zero-order chi connectivity index (χ0) is 37.0. The largest absolute Gasteiger partial charge is 0.455 e. The number of furan rings is 1. The number of anilines is 3. The summed E-state index contributed by atoms with van der Waals surface area (Å²) in [5.74, 6) is 0. The number of benzene rings is 10. The van der Waals surface area contributed by atoms with Crippen LogP contribution in [0.5, 0.6) is 0 Å². The Balaban J connectivity index is 1.10. The molecule has 0 atom stereocenters. The van der Waals surface area contributed by atoms with Crippen LogP contribution in [0.3, 0.4) is 0 Å². The van der Waals surface area contributed by atoms with Gasteiger partial charge in [0.2, 0.25) is 0 Å². The van der Waals surface area contributed by atoms with Crippen LogP contribution in [-0.2, 0) is 0 Å². The normalized spacial score (nSPS) is 11.6. The van der Waals surface area contributed by atoms with Gasteiger partial charge in [0.25, 0.3) is 0 Å². The van der Waals surface area contributed by atoms with Crippen LogP contribution in [0.25, 0.3) is 87.6 Å². The van der Waals surface area contributed by atoms with Crippen LogP contribution >= 0.6 is 0 Å². The highest BCUT2D eigenvalue weighted by Gasteiger charge is 2.21. The van der Waals surface area contributed by atoms with E-state index in [1.54, 1.807) is 0 Å². The molecule has 0 saturated heterocycles. The molecule has 0 radical (unpaired) electrons. The van der Waals surface area contributed by atoms with E-state index in [1.807, 2.05) is 6.07 Å². The van der Waals surface area contributed by atoms with Gasteiger partial charge in [-0.3, -0.25) is 0 Å². The molecule has 0 spiro atoms. The molecule has 2 nitrogen and oxygen atoms in total. The molecule has 262 valence electrons. The highest BCUT2D eigenvalue weighted by atomic mass is 16.3. The summed E-state index contributed by atoms with van der Waals surface area (Å²) in [5, 5.41) is 9.76. The van der Waals surface area contributed by atoms with Gasteiger partial charge < -0.3 is 9.32 Å². The average Bonchev–Trinajstić information content (AvgIpc) is 3.66. The van der Waals surface area contributed by atoms with Crippen molar-refractivity contribution >= 4 is 71.3 Å². The minimum absolute atomic E-state index is 0.893. The van der Waals surface area contributed by atoms with E-state index in [0.29, 0.717) is 0 Å². The first-order valence-corrected chi connectivity index (χ1v) is 19.2. The predicted octanol–water partition coefficient (Wildman–Crippen LogP) is 15.5. The van der Waals surface area contributed by atoms with Crippen molar-refractivity contribution in [2.45, 2.75) is 0 Å². The molecule has 1 heterocycles. The molecule has 0 fully saturated rings. The summed E-state index contributed by atoms with van der Waals surface area (Å²) < 4.78 is 6.61. The number of fused-ring (bicyclic) bond motifs is 7. The Labute approximate surface area is 325 Å². The third kappa shape index (κ3) is 5.26. The Kier molecular flexibility index (Phi) is 7.53. The van der Waals surface area contributed by atoms with Crippen molar-refractivity contribution in [3.05, 3.63) is 212 Å². The van der Waals surface area contributed by atoms with Crippen LogP contribution in [-0.4, -0.2) is 0 Å². The molecule has 0 N–H and O–H groups in total. The first-order valence-electron chi connectivity index (χ1n) is 19.2. The average molecular weight is 714 g/mol. The highest BCUT2D eigenvalue weighted by Crippen LogP contribution is 2.45. The smallest absolute Gasteiger partial charge is 0.143 e. The topological polar surface area (TPSA) is 16.4 Å². The minimum Gasteiger partial charge on any atom is -0.455 e. The number of rotatable bonds is 6. The minimum atomic E-state index is 0.893. The zero-order valence-corrected chi connectivity index (χ0v) is 30.6. The Bertz CT molecular complexity index is 3260. The van der Waals surface area contributed by atoms with Gasteiger partial charge in [-0.1, -0.05) is 176 Å². The molecule has 56 heavy (non-hydrogen) atoms. The fourth-order valence-electron chi connectivity index (χ4n) is 8.65. The number of hydrogen-bond donors (Lipinski definition) is 0. The van der Waals surface area contributed by atoms with Crippen LogP contribution in [0, 0.1) is 0 Å². The SMILES string of the molecule is c1cc(-c2cccc3ccccc23)cc(N(c2ccc(-c3cccc4c3ccc3ccccc34)cc2)c2ccccc2-c2cccc3c2oc2ccccc23)c1. The van der Waals surface area contributed by atoms with E-state index in [-0.39, 0.29) is 0 Å². The Morgan fingerprint density at radius 3 is 1.75 bits per heavy atom. The van der Waals surface area contributed by atoms with E-state index in [4.69, 9.17) is 4.42 Å². The standard InChI is InChI=1S/C54H35NO/c1-3-18-42-36(13-1)15-10-22-45(42)39-16-9-17-41(35-39)55(52-27-7-5-20-48(52)50-25-12-26-51-49-21-6-8-28-53(49)56-54(50)51)40-32-29-38(30-33-40)44-23-11-24-46-43-19-4-2-14-37(43)31-34-47(44)46/h1-35H. The molecule has 11 aromatic rings. The zero-order valence-electron chi connectivity index (χ0n) is 30.6. The van der Waals surface area contributed by atoms with E-state index in [2.05, 4.69) is 211 Å². The third-order valence-corrected chi connectivity index (χ3v) is 11.3. The van der Waals surface area contributed by atoms with Crippen molar-refractivity contribution in [1.82, 2.24) is 0 Å². The molecule has 11 rings (SSSR count). The molecule has 0 unspecified atom stereocenters. The van der Waals surface area contributed by atoms with Gasteiger partial charge in [-0.15, -0.1) is 0 Å². The summed E-state index contributed by atoms with van der Waals surface area (Å²) in [6.07, 6.45) is 0. The molecule has 0 aliphatic heterocycles. The lowest BCUT2D eigenvalue weighted by atomic mass is 9.94. The van der Waals surface area contributed by atoms with Crippen molar-refractivity contribution in [2.24, 2.45) is 0 Å². The molecule has 0 aliphatic carbocycles. The second-order valence-electron chi connectivity index (χ2n) is 14.4. The first kappa shape index (κ1) is 32.0. The van der Waals surface area contributed by atoms with Gasteiger partial charge in [-0.2, -0.15) is 0 Å². The number of nitrogens with zero attached hydrogens (tertiary/aromatic N) is 1. The Morgan fingerprint density at radius 2 is 0.893 bits per heavy atom. The summed E-state index contributed by atoms with van der Waals surface area (Å²) in [6.45, 7) is 0. The molecule has 0 aliphatic rings. The van der Waals surface area contributed by atoms with Crippen molar-refractivity contribution in [1.29, 1.82) is 0 Å². The lowest BCUT2D eigenvalue weighted by Gasteiger charge is -2.28. The molecule has 0 bridgehead atoms. The van der Waals surface area contributed by atoms with E-state index >= 15 is 0 Å². The van der Waals surface area contributed by atoms with Gasteiger partial charge in [0.15, 0.2) is 0 Å². The first-order chi connectivity index (χ1) is 27.8. The van der Waals surface area contributed by atoms with Gasteiger partial charge in [0.1, 0.15) is 11.2 Å². The van der Waals surface area contributed by atoms with Crippen LogP contribution in [0.4, 0.5) is 17.1 Å². The number of para-hydroxylation sites is 3. The van der Waals surface area contributed by atoms with Gasteiger partial charge in [-0.25, -0.2) is 0 Å². The van der Waals surface area contributed by atoms with Crippen LogP contribution in [0.15, 0.2) is 217 Å². The monoisotopic (exact) mass is 713 g/mol. The lowest BCUT2D eigenvalue weighted by Crippen LogP contribution is -2.11. The molecular formula is C54H35NO. The van der Waals surface area contributed by atoms with Gasteiger partial charge in [0, 0.05) is 33.3 Å². The fourth-order valence-corrected chi connectivity index (χ4v) is 8.65. The molecular weight excluding hydrogens is 679 g/mol. The third-order valence-electron chi connectivity index (χ3n) is 11.3. The second-order valence-corrected chi connectivity index (χ2v) is 14.4. The molecule has 1 aromatic heterocycles. The maximum Gasteiger partial charge on any atom is 0.143 e. The highest BCUT2D eigenvalue weighted by molar-refractivity contribution is 6.13. The van der Waals surface area contributed by atoms with Gasteiger partial charge >= 0.3 is 0 Å². The van der Waals surface area contributed by atoms with E-state index in [1.165, 1.54) is 54.6 Å². The lowest BCUT2D eigenvalue weighted by molar-refractivity contribution is 0.670. The van der Waals surface area contributed by atoms with Crippen molar-refractivity contribution < 1.29 is 4.42 Å². The predicted molar refractivity (Wildman–Crippen MR) is 237 cm³/mol. The van der Waals surface area contributed by atoms with E-state index < -0.39 is 0 Å². The van der Waals surface area contributed by atoms with E-state index in [9.17, 15) is 0 Å². The molecule has 0 saturated carbocycles. The maximum atomic E-state index is 6.61. The van der Waals surface area contributed by atoms with Crippen molar-refractivity contribution in [3.63, 3.8) is 0 Å². The Morgan fingerprint density at radius 1 is 0.304 bits per heavy atom. The Hall–Kier alpha value is -7.42. The quantitative estimate of drug-likeness (QED) is 0.160. The maximum absolute atomic E-state index is 6.61. The van der Waals surface area contributed by atoms with Crippen LogP contribution in [0.1, 0.15) is 0 Å². The summed E-state index contributed by atoms with van der Waals surface area (Å²) in [5.41, 5.74) is 11.9. The fraction of sp³-hybridized carbons (Fsp3) is 0. The second kappa shape index (κ2) is 13.2. The summed E-state index contributed by atoms with van der Waals surface area (Å²) in [4.78, 5) is 2.39. The summed E-state index contributed by atoms with van der Waals surface area (Å²) in [7, 11) is 0. The molecule has 10 aromatic carbocycles. The van der Waals surface area contributed by atoms with Crippen molar-refractivity contribution in [3.8, 4) is 33.4 Å². The number of hydrogen-bond acceptors (Lipinski definition) is 2. The van der Waals surface area contributed by atoms with E-state index in [0.717, 1.165) is 50.1 Å². The molecule has 2 heteroatoms. The van der Waals surface area contributed by atoms with Crippen LogP contribution < -0.4 is 4.90 Å². The van der Waals surface area contributed by atoms with Crippen LogP contribution in [0.2, 0.25) is 0 Å². The van der Waals surface area contributed by atoms with Gasteiger partial charge in [-0.05, 0) is 91.0 Å². The van der Waals surface area contributed by atoms with Crippen molar-refractivity contribution in [2.75, 3.05) is 4.90 Å². The summed E-state index contributed by atoms with van der Waals surface area (Å²) >= 11 is 0. The van der Waals surface area contributed by atoms with Gasteiger partial charge in [0.05, 0.1) is 5.69 Å². The molecule has 0 amide bonds.